The van der Waals surface area contributed by atoms with E-state index in [1.807, 2.05) is 23.0 Å². The summed E-state index contributed by atoms with van der Waals surface area (Å²) in [6.07, 6.45) is 3.67. The van der Waals surface area contributed by atoms with Crippen molar-refractivity contribution in [3.63, 3.8) is 0 Å². The summed E-state index contributed by atoms with van der Waals surface area (Å²) < 4.78 is 1.82. The van der Waals surface area contributed by atoms with Gasteiger partial charge in [0.1, 0.15) is 0 Å². The van der Waals surface area contributed by atoms with Crippen LogP contribution in [0.25, 0.3) is 16.8 Å². The van der Waals surface area contributed by atoms with E-state index in [0.29, 0.717) is 0 Å². The van der Waals surface area contributed by atoms with E-state index in [2.05, 4.69) is 31.1 Å². The maximum absolute atomic E-state index is 11.1. The fraction of sp³-hybridized carbons (Fsp3) is 0.111. The van der Waals surface area contributed by atoms with Gasteiger partial charge in [0.25, 0.3) is 0 Å². The number of carboxylic acids is 1. The highest BCUT2D eigenvalue weighted by Crippen LogP contribution is 2.22. The molecule has 22 heavy (non-hydrogen) atoms. The first-order chi connectivity index (χ1) is 10.5. The second-order valence-electron chi connectivity index (χ2n) is 5.35. The lowest BCUT2D eigenvalue weighted by Crippen LogP contribution is -1.97. The maximum atomic E-state index is 11.1. The Morgan fingerprint density at radius 1 is 1.09 bits per heavy atom. The molecule has 1 aromatic heterocycles. The molecule has 1 heterocycles. The molecule has 0 saturated carbocycles. The zero-order chi connectivity index (χ0) is 15.7. The SMILES string of the molecule is Cc1ccc(-n2cc(-c3cccc(C(=O)O)c3)cn2)c(C)c1. The monoisotopic (exact) mass is 292 g/mol. The van der Waals surface area contributed by atoms with Crippen LogP contribution in [0, 0.1) is 13.8 Å². The van der Waals surface area contributed by atoms with Gasteiger partial charge >= 0.3 is 5.97 Å². The zero-order valence-electron chi connectivity index (χ0n) is 12.4. The molecule has 0 aliphatic rings. The van der Waals surface area contributed by atoms with Crippen molar-refractivity contribution in [1.29, 1.82) is 0 Å². The van der Waals surface area contributed by atoms with Crippen molar-refractivity contribution < 1.29 is 9.90 Å². The van der Waals surface area contributed by atoms with Crippen LogP contribution in [0.15, 0.2) is 54.9 Å². The van der Waals surface area contributed by atoms with E-state index in [0.717, 1.165) is 22.4 Å². The lowest BCUT2D eigenvalue weighted by molar-refractivity contribution is 0.0697. The van der Waals surface area contributed by atoms with Crippen molar-refractivity contribution >= 4 is 5.97 Å². The van der Waals surface area contributed by atoms with Crippen molar-refractivity contribution in [2.24, 2.45) is 0 Å². The van der Waals surface area contributed by atoms with Crippen LogP contribution >= 0.6 is 0 Å². The lowest BCUT2D eigenvalue weighted by Gasteiger charge is -2.06. The minimum absolute atomic E-state index is 0.275. The Hall–Kier alpha value is -2.88. The second-order valence-corrected chi connectivity index (χ2v) is 5.35. The summed E-state index contributed by atoms with van der Waals surface area (Å²) in [5.41, 5.74) is 5.39. The standard InChI is InChI=1S/C18H16N2O2/c1-12-6-7-17(13(2)8-12)20-11-16(10-19-20)14-4-3-5-15(9-14)18(21)22/h3-11H,1-2H3,(H,21,22). The molecule has 0 bridgehead atoms. The molecule has 0 spiro atoms. The fourth-order valence-electron chi connectivity index (χ4n) is 2.50. The fourth-order valence-corrected chi connectivity index (χ4v) is 2.50. The average Bonchev–Trinajstić information content (AvgIpc) is 2.97. The third-order valence-electron chi connectivity index (χ3n) is 3.62. The number of aromatic nitrogens is 2. The molecule has 110 valence electrons. The van der Waals surface area contributed by atoms with Gasteiger partial charge in [0.15, 0.2) is 0 Å². The number of benzene rings is 2. The Morgan fingerprint density at radius 2 is 1.91 bits per heavy atom. The number of aryl methyl sites for hydroxylation is 2. The molecule has 1 N–H and O–H groups in total. The summed E-state index contributed by atoms with van der Waals surface area (Å²) in [5, 5.41) is 13.5. The lowest BCUT2D eigenvalue weighted by atomic mass is 10.1. The molecule has 0 amide bonds. The number of hydrogen-bond acceptors (Lipinski definition) is 2. The van der Waals surface area contributed by atoms with Crippen molar-refractivity contribution in [1.82, 2.24) is 9.78 Å². The average molecular weight is 292 g/mol. The predicted octanol–water partition coefficient (Wildman–Crippen LogP) is 3.85. The highest BCUT2D eigenvalue weighted by atomic mass is 16.4. The van der Waals surface area contributed by atoms with Crippen molar-refractivity contribution in [3.05, 3.63) is 71.5 Å². The molecule has 3 rings (SSSR count). The number of hydrogen-bond donors (Lipinski definition) is 1. The van der Waals surface area contributed by atoms with Crippen LogP contribution in [0.2, 0.25) is 0 Å². The molecule has 0 aliphatic heterocycles. The Labute approximate surface area is 128 Å². The second kappa shape index (κ2) is 5.48. The molecule has 0 atom stereocenters. The molecule has 0 saturated heterocycles. The number of nitrogens with zero attached hydrogens (tertiary/aromatic N) is 2. The van der Waals surface area contributed by atoms with Gasteiger partial charge in [-0.05, 0) is 43.2 Å². The van der Waals surface area contributed by atoms with Gasteiger partial charge in [-0.2, -0.15) is 5.10 Å². The normalized spacial score (nSPS) is 10.6. The van der Waals surface area contributed by atoms with Gasteiger partial charge in [-0.1, -0.05) is 29.8 Å². The predicted molar refractivity (Wildman–Crippen MR) is 85.4 cm³/mol. The van der Waals surface area contributed by atoms with Crippen LogP contribution in [0.5, 0.6) is 0 Å². The molecule has 2 aromatic carbocycles. The summed E-state index contributed by atoms with van der Waals surface area (Å²) in [6.45, 7) is 4.11. The zero-order valence-corrected chi connectivity index (χ0v) is 12.4. The number of rotatable bonds is 3. The van der Waals surface area contributed by atoms with E-state index >= 15 is 0 Å². The van der Waals surface area contributed by atoms with Crippen LogP contribution in [0.4, 0.5) is 0 Å². The smallest absolute Gasteiger partial charge is 0.335 e. The van der Waals surface area contributed by atoms with Gasteiger partial charge in [-0.25, -0.2) is 9.48 Å². The third-order valence-corrected chi connectivity index (χ3v) is 3.62. The molecule has 0 fully saturated rings. The van der Waals surface area contributed by atoms with Gasteiger partial charge in [0.2, 0.25) is 0 Å². The van der Waals surface area contributed by atoms with E-state index in [-0.39, 0.29) is 5.56 Å². The molecular weight excluding hydrogens is 276 g/mol. The third kappa shape index (κ3) is 2.63. The van der Waals surface area contributed by atoms with Gasteiger partial charge in [0, 0.05) is 11.8 Å². The van der Waals surface area contributed by atoms with Crippen LogP contribution in [-0.4, -0.2) is 20.9 Å². The summed E-state index contributed by atoms with van der Waals surface area (Å²) in [7, 11) is 0. The summed E-state index contributed by atoms with van der Waals surface area (Å²) in [6, 6.07) is 13.1. The van der Waals surface area contributed by atoms with E-state index in [1.165, 1.54) is 5.56 Å². The molecule has 4 nitrogen and oxygen atoms in total. The Morgan fingerprint density at radius 3 is 2.64 bits per heavy atom. The minimum Gasteiger partial charge on any atom is -0.478 e. The number of aromatic carboxylic acids is 1. The van der Waals surface area contributed by atoms with Gasteiger partial charge in [0.05, 0.1) is 17.4 Å². The molecular formula is C18H16N2O2. The summed E-state index contributed by atoms with van der Waals surface area (Å²) in [4.78, 5) is 11.1. The quantitative estimate of drug-likeness (QED) is 0.797. The Balaban J connectivity index is 2.00. The number of carbonyl (C=O) groups is 1. The summed E-state index contributed by atoms with van der Waals surface area (Å²) in [5.74, 6) is -0.927. The van der Waals surface area contributed by atoms with Crippen molar-refractivity contribution in [2.45, 2.75) is 13.8 Å². The number of carboxylic acid groups (broad SMARTS) is 1. The van der Waals surface area contributed by atoms with Gasteiger partial charge < -0.3 is 5.11 Å². The van der Waals surface area contributed by atoms with Crippen LogP contribution in [-0.2, 0) is 0 Å². The Kier molecular flexibility index (Phi) is 3.51. The summed E-state index contributed by atoms with van der Waals surface area (Å²) >= 11 is 0. The maximum Gasteiger partial charge on any atom is 0.335 e. The van der Waals surface area contributed by atoms with Crippen molar-refractivity contribution in [2.75, 3.05) is 0 Å². The highest BCUT2D eigenvalue weighted by Gasteiger charge is 2.08. The molecule has 0 radical (unpaired) electrons. The molecule has 3 aromatic rings. The topological polar surface area (TPSA) is 55.1 Å². The van der Waals surface area contributed by atoms with E-state index in [1.54, 1.807) is 24.4 Å². The van der Waals surface area contributed by atoms with Gasteiger partial charge in [-0.3, -0.25) is 0 Å². The van der Waals surface area contributed by atoms with E-state index in [9.17, 15) is 4.79 Å². The van der Waals surface area contributed by atoms with E-state index in [4.69, 9.17) is 5.11 Å². The first-order valence-electron chi connectivity index (χ1n) is 7.00. The van der Waals surface area contributed by atoms with Crippen LogP contribution in [0.3, 0.4) is 0 Å². The largest absolute Gasteiger partial charge is 0.478 e. The van der Waals surface area contributed by atoms with Crippen molar-refractivity contribution in [3.8, 4) is 16.8 Å². The molecule has 0 aliphatic carbocycles. The Bertz CT molecular complexity index is 850. The minimum atomic E-state index is -0.927. The highest BCUT2D eigenvalue weighted by molar-refractivity contribution is 5.89. The van der Waals surface area contributed by atoms with E-state index < -0.39 is 5.97 Å². The first kappa shape index (κ1) is 14.1. The molecule has 0 unspecified atom stereocenters. The van der Waals surface area contributed by atoms with Crippen LogP contribution < -0.4 is 0 Å². The first-order valence-corrected chi connectivity index (χ1v) is 7.00. The van der Waals surface area contributed by atoms with Crippen LogP contribution in [0.1, 0.15) is 21.5 Å². The molecule has 4 heteroatoms. The van der Waals surface area contributed by atoms with Gasteiger partial charge in [-0.15, -0.1) is 0 Å².